The summed E-state index contributed by atoms with van der Waals surface area (Å²) in [6.07, 6.45) is 22.0. The highest BCUT2D eigenvalue weighted by Gasteiger charge is 2.55. The van der Waals surface area contributed by atoms with Crippen molar-refractivity contribution in [2.75, 3.05) is 6.54 Å². The Labute approximate surface area is 186 Å². The van der Waals surface area contributed by atoms with Crippen molar-refractivity contribution in [3.63, 3.8) is 0 Å². The summed E-state index contributed by atoms with van der Waals surface area (Å²) in [5.41, 5.74) is 0. The Bertz CT molecular complexity index is 585. The summed E-state index contributed by atoms with van der Waals surface area (Å²) in [5.74, 6) is 11.9. The predicted octanol–water partition coefficient (Wildman–Crippen LogP) is 7.31. The van der Waals surface area contributed by atoms with Gasteiger partial charge in [-0.1, -0.05) is 33.1 Å². The molecule has 5 saturated carbocycles. The third-order valence-corrected chi connectivity index (χ3v) is 12.0. The molecule has 11 unspecified atom stereocenters. The summed E-state index contributed by atoms with van der Waals surface area (Å²) in [4.78, 5) is 0. The highest BCUT2D eigenvalue weighted by atomic mass is 14.9. The summed E-state index contributed by atoms with van der Waals surface area (Å²) < 4.78 is 0. The van der Waals surface area contributed by atoms with Crippen molar-refractivity contribution in [3.8, 4) is 0 Å². The van der Waals surface area contributed by atoms with Crippen LogP contribution in [0, 0.1) is 65.1 Å². The van der Waals surface area contributed by atoms with Gasteiger partial charge < -0.3 is 5.32 Å². The van der Waals surface area contributed by atoms with Gasteiger partial charge in [0.15, 0.2) is 0 Å². The van der Waals surface area contributed by atoms with Crippen LogP contribution in [-0.2, 0) is 0 Å². The maximum absolute atomic E-state index is 3.90. The topological polar surface area (TPSA) is 12.0 Å². The van der Waals surface area contributed by atoms with Gasteiger partial charge in [0.1, 0.15) is 0 Å². The second-order valence-corrected chi connectivity index (χ2v) is 13.3. The van der Waals surface area contributed by atoms with Crippen LogP contribution < -0.4 is 5.32 Å². The smallest absolute Gasteiger partial charge is 0.00985 e. The second kappa shape index (κ2) is 8.39. The molecule has 11 atom stereocenters. The van der Waals surface area contributed by atoms with Gasteiger partial charge in [-0.05, 0) is 142 Å². The molecule has 170 valence electrons. The zero-order chi connectivity index (χ0) is 20.2. The highest BCUT2D eigenvalue weighted by molar-refractivity contribution is 5.04. The molecule has 0 aromatic rings. The van der Waals surface area contributed by atoms with Crippen LogP contribution in [0.15, 0.2) is 0 Å². The van der Waals surface area contributed by atoms with E-state index in [4.69, 9.17) is 0 Å². The first-order valence-corrected chi connectivity index (χ1v) is 14.4. The normalized spacial score (nSPS) is 53.5. The SMILES string of the molecule is CC(C)C1CC(C2CCC3CCC4CCCC5CCC2C3C45)CCC1C1CCCN1. The molecular formula is C29H49N. The van der Waals surface area contributed by atoms with E-state index in [9.17, 15) is 0 Å². The first-order valence-electron chi connectivity index (χ1n) is 14.4. The summed E-state index contributed by atoms with van der Waals surface area (Å²) in [7, 11) is 0. The predicted molar refractivity (Wildman–Crippen MR) is 126 cm³/mol. The molecule has 0 amide bonds. The summed E-state index contributed by atoms with van der Waals surface area (Å²) in [5, 5.41) is 3.90. The molecule has 1 N–H and O–H groups in total. The standard InChI is InChI=1S/C29H49N/c1-18(2)26-17-22(12-14-24(26)27-7-4-16-30-27)23-13-10-21-9-8-19-5-3-6-20-11-15-25(23)29(21)28(19)20/h18-30H,3-17H2,1-2H3. The zero-order valence-electron chi connectivity index (χ0n) is 20.0. The molecule has 0 radical (unpaired) electrons. The Morgan fingerprint density at radius 3 is 1.90 bits per heavy atom. The Balaban J connectivity index is 1.20. The van der Waals surface area contributed by atoms with E-state index in [1.165, 1.54) is 31.7 Å². The van der Waals surface area contributed by atoms with Crippen molar-refractivity contribution in [2.24, 2.45) is 65.1 Å². The first kappa shape index (κ1) is 20.6. The van der Waals surface area contributed by atoms with Crippen molar-refractivity contribution in [1.82, 2.24) is 5.32 Å². The molecule has 1 saturated heterocycles. The van der Waals surface area contributed by atoms with Crippen molar-refractivity contribution in [1.29, 1.82) is 0 Å². The van der Waals surface area contributed by atoms with Crippen LogP contribution in [0.25, 0.3) is 0 Å². The third-order valence-electron chi connectivity index (χ3n) is 12.0. The molecule has 6 fully saturated rings. The van der Waals surface area contributed by atoms with Crippen molar-refractivity contribution in [3.05, 3.63) is 0 Å². The molecule has 1 aliphatic heterocycles. The Hall–Kier alpha value is -0.0400. The van der Waals surface area contributed by atoms with Crippen molar-refractivity contribution in [2.45, 2.75) is 110 Å². The minimum atomic E-state index is 0.853. The summed E-state index contributed by atoms with van der Waals surface area (Å²) in [6.45, 7) is 6.38. The minimum Gasteiger partial charge on any atom is -0.314 e. The number of hydrogen-bond donors (Lipinski definition) is 1. The van der Waals surface area contributed by atoms with Gasteiger partial charge in [0, 0.05) is 6.04 Å². The maximum atomic E-state index is 3.90. The highest BCUT2D eigenvalue weighted by Crippen LogP contribution is 2.63. The average molecular weight is 412 g/mol. The van der Waals surface area contributed by atoms with Gasteiger partial charge >= 0.3 is 0 Å². The van der Waals surface area contributed by atoms with Crippen LogP contribution in [0.5, 0.6) is 0 Å². The maximum Gasteiger partial charge on any atom is 0.00985 e. The van der Waals surface area contributed by atoms with Crippen molar-refractivity contribution >= 4 is 0 Å². The van der Waals surface area contributed by atoms with Crippen LogP contribution in [0.3, 0.4) is 0 Å². The first-order chi connectivity index (χ1) is 14.7. The molecule has 6 aliphatic rings. The molecule has 0 aromatic heterocycles. The van der Waals surface area contributed by atoms with E-state index in [1.807, 2.05) is 0 Å². The molecule has 1 heteroatoms. The lowest BCUT2D eigenvalue weighted by Crippen LogP contribution is -2.53. The van der Waals surface area contributed by atoms with Crippen LogP contribution in [0.2, 0.25) is 0 Å². The molecule has 6 rings (SSSR count). The van der Waals surface area contributed by atoms with Gasteiger partial charge in [-0.3, -0.25) is 0 Å². The van der Waals surface area contributed by atoms with E-state index in [1.54, 1.807) is 70.6 Å². The summed E-state index contributed by atoms with van der Waals surface area (Å²) >= 11 is 0. The van der Waals surface area contributed by atoms with Gasteiger partial charge in [0.25, 0.3) is 0 Å². The molecule has 1 nitrogen and oxygen atoms in total. The Morgan fingerprint density at radius 1 is 0.567 bits per heavy atom. The quantitative estimate of drug-likeness (QED) is 0.513. The third kappa shape index (κ3) is 3.43. The second-order valence-electron chi connectivity index (χ2n) is 13.3. The molecule has 30 heavy (non-hydrogen) atoms. The van der Waals surface area contributed by atoms with E-state index in [2.05, 4.69) is 19.2 Å². The zero-order valence-corrected chi connectivity index (χ0v) is 20.0. The van der Waals surface area contributed by atoms with Gasteiger partial charge in [-0.15, -0.1) is 0 Å². The van der Waals surface area contributed by atoms with Crippen LogP contribution >= 0.6 is 0 Å². The van der Waals surface area contributed by atoms with E-state index in [0.29, 0.717) is 0 Å². The van der Waals surface area contributed by atoms with Gasteiger partial charge in [-0.2, -0.15) is 0 Å². The monoisotopic (exact) mass is 411 g/mol. The van der Waals surface area contributed by atoms with Crippen LogP contribution in [0.4, 0.5) is 0 Å². The number of hydrogen-bond acceptors (Lipinski definition) is 1. The fourth-order valence-corrected chi connectivity index (χ4v) is 10.9. The van der Waals surface area contributed by atoms with E-state index in [0.717, 1.165) is 65.2 Å². The largest absolute Gasteiger partial charge is 0.314 e. The van der Waals surface area contributed by atoms with Crippen LogP contribution in [-0.4, -0.2) is 12.6 Å². The number of nitrogens with one attached hydrogen (secondary N) is 1. The minimum absolute atomic E-state index is 0.853. The molecule has 5 aliphatic carbocycles. The fraction of sp³-hybridized carbons (Fsp3) is 1.00. The van der Waals surface area contributed by atoms with Crippen LogP contribution in [0.1, 0.15) is 104 Å². The lowest BCUT2D eigenvalue weighted by atomic mass is 9.45. The van der Waals surface area contributed by atoms with Crippen molar-refractivity contribution < 1.29 is 0 Å². The van der Waals surface area contributed by atoms with Gasteiger partial charge in [0.2, 0.25) is 0 Å². The summed E-state index contributed by atoms with van der Waals surface area (Å²) in [6, 6.07) is 0.853. The lowest BCUT2D eigenvalue weighted by Gasteiger charge is -2.60. The van der Waals surface area contributed by atoms with Gasteiger partial charge in [-0.25, -0.2) is 0 Å². The molecular weight excluding hydrogens is 362 g/mol. The molecule has 0 aromatic carbocycles. The van der Waals surface area contributed by atoms with E-state index < -0.39 is 0 Å². The lowest BCUT2D eigenvalue weighted by molar-refractivity contribution is -0.113. The van der Waals surface area contributed by atoms with Gasteiger partial charge in [0.05, 0.1) is 0 Å². The fourth-order valence-electron chi connectivity index (χ4n) is 10.9. The average Bonchev–Trinajstić information content (AvgIpc) is 3.32. The molecule has 0 bridgehead atoms. The Morgan fingerprint density at radius 2 is 1.20 bits per heavy atom. The molecule has 0 spiro atoms. The molecule has 1 heterocycles. The number of rotatable bonds is 3. The Kier molecular flexibility index (Phi) is 5.75. The van der Waals surface area contributed by atoms with E-state index >= 15 is 0 Å². The van der Waals surface area contributed by atoms with E-state index in [-0.39, 0.29) is 0 Å².